The highest BCUT2D eigenvalue weighted by atomic mass is 32.2. The fourth-order valence-corrected chi connectivity index (χ4v) is 1.33. The second-order valence-corrected chi connectivity index (χ2v) is 3.35. The molecule has 0 bridgehead atoms. The third-order valence-corrected chi connectivity index (χ3v) is 2.01. The Bertz CT molecular complexity index is 363. The molecule has 0 aliphatic rings. The van der Waals surface area contributed by atoms with Crippen molar-refractivity contribution in [3.63, 3.8) is 0 Å². The van der Waals surface area contributed by atoms with Crippen LogP contribution in [0.1, 0.15) is 17.3 Å². The van der Waals surface area contributed by atoms with Gasteiger partial charge in [-0.1, -0.05) is 0 Å². The lowest BCUT2D eigenvalue weighted by molar-refractivity contribution is 0.0526. The number of hydrogen-bond donors (Lipinski definition) is 2. The Kier molecular flexibility index (Phi) is 4.26. The molecule has 82 valence electrons. The van der Waals surface area contributed by atoms with Gasteiger partial charge in [-0.2, -0.15) is 0 Å². The van der Waals surface area contributed by atoms with Crippen molar-refractivity contribution < 1.29 is 18.3 Å². The van der Waals surface area contributed by atoms with Gasteiger partial charge in [0, 0.05) is 5.69 Å². The molecule has 1 aromatic carbocycles. The molecule has 0 aliphatic carbocycles. The van der Waals surface area contributed by atoms with E-state index in [9.17, 15) is 9.00 Å². The van der Waals surface area contributed by atoms with Crippen LogP contribution in [0, 0.1) is 0 Å². The number of carbonyl (C=O) groups excluding carboxylic acids is 1. The maximum absolute atomic E-state index is 11.2. The summed E-state index contributed by atoms with van der Waals surface area (Å²) in [6.07, 6.45) is 0. The van der Waals surface area contributed by atoms with E-state index < -0.39 is 17.2 Å². The lowest BCUT2D eigenvalue weighted by Gasteiger charge is -2.03. The summed E-state index contributed by atoms with van der Waals surface area (Å²) in [6.45, 7) is 2.04. The summed E-state index contributed by atoms with van der Waals surface area (Å²) in [7, 11) is 0. The van der Waals surface area contributed by atoms with Crippen molar-refractivity contribution in [1.29, 1.82) is 0 Å². The molecule has 0 aliphatic heterocycles. The maximum Gasteiger partial charge on any atom is 0.338 e. The van der Waals surface area contributed by atoms with Crippen LogP contribution >= 0.6 is 0 Å². The fraction of sp³-hybridized carbons (Fsp3) is 0.222. The van der Waals surface area contributed by atoms with Crippen molar-refractivity contribution in [3.05, 3.63) is 29.8 Å². The van der Waals surface area contributed by atoms with Crippen molar-refractivity contribution >= 4 is 22.9 Å². The third-order valence-electron chi connectivity index (χ3n) is 1.60. The van der Waals surface area contributed by atoms with Gasteiger partial charge < -0.3 is 4.74 Å². The molecule has 0 amide bonds. The Morgan fingerprint density at radius 3 is 2.53 bits per heavy atom. The highest BCUT2D eigenvalue weighted by Gasteiger charge is 2.05. The molecule has 0 radical (unpaired) electrons. The van der Waals surface area contributed by atoms with Gasteiger partial charge in [0.25, 0.3) is 11.3 Å². The molecule has 0 saturated carbocycles. The number of benzene rings is 1. The first-order chi connectivity index (χ1) is 7.13. The first-order valence-electron chi connectivity index (χ1n) is 4.28. The van der Waals surface area contributed by atoms with Gasteiger partial charge in [-0.3, -0.25) is 9.27 Å². The topological polar surface area (TPSA) is 75.6 Å². The molecule has 1 rings (SSSR count). The zero-order valence-corrected chi connectivity index (χ0v) is 8.91. The molecule has 0 fully saturated rings. The second-order valence-electron chi connectivity index (χ2n) is 2.65. The standard InChI is InChI=1S/C9H11NO4S/c1-2-14-9(11)7-3-5-8(6-4-7)10-15(12)13/h3-6,10H,2H2,1H3,(H,12,13). The Morgan fingerprint density at radius 2 is 2.07 bits per heavy atom. The predicted molar refractivity (Wildman–Crippen MR) is 56.8 cm³/mol. The normalized spacial score (nSPS) is 11.9. The first-order valence-corrected chi connectivity index (χ1v) is 5.39. The molecule has 1 aromatic rings. The number of hydrogen-bond acceptors (Lipinski definition) is 3. The van der Waals surface area contributed by atoms with Crippen LogP contribution in [0.3, 0.4) is 0 Å². The van der Waals surface area contributed by atoms with Crippen LogP contribution in [0.2, 0.25) is 0 Å². The number of nitrogens with one attached hydrogen (secondary N) is 1. The van der Waals surface area contributed by atoms with Crippen LogP contribution in [-0.4, -0.2) is 21.3 Å². The van der Waals surface area contributed by atoms with E-state index in [4.69, 9.17) is 9.29 Å². The van der Waals surface area contributed by atoms with Gasteiger partial charge in [0.2, 0.25) is 0 Å². The van der Waals surface area contributed by atoms with Crippen molar-refractivity contribution in [2.75, 3.05) is 11.3 Å². The van der Waals surface area contributed by atoms with Gasteiger partial charge in [-0.15, -0.1) is 0 Å². The summed E-state index contributed by atoms with van der Waals surface area (Å²) < 4.78 is 26.0. The van der Waals surface area contributed by atoms with Gasteiger partial charge in [0.15, 0.2) is 0 Å². The third kappa shape index (κ3) is 3.69. The molecule has 0 aromatic heterocycles. The lowest BCUT2D eigenvalue weighted by atomic mass is 10.2. The summed E-state index contributed by atoms with van der Waals surface area (Å²) in [5.74, 6) is -0.408. The minimum absolute atomic E-state index is 0.319. The minimum atomic E-state index is -2.10. The molecule has 2 N–H and O–H groups in total. The summed E-state index contributed by atoms with van der Waals surface area (Å²) in [6, 6.07) is 6.10. The number of anilines is 1. The highest BCUT2D eigenvalue weighted by molar-refractivity contribution is 7.80. The first kappa shape index (κ1) is 11.7. The van der Waals surface area contributed by atoms with E-state index in [1.54, 1.807) is 6.92 Å². The molecule has 0 spiro atoms. The van der Waals surface area contributed by atoms with E-state index in [1.165, 1.54) is 24.3 Å². The Balaban J connectivity index is 2.71. The van der Waals surface area contributed by atoms with Crippen LogP contribution in [-0.2, 0) is 16.0 Å². The van der Waals surface area contributed by atoms with Crippen LogP contribution in [0.25, 0.3) is 0 Å². The number of esters is 1. The van der Waals surface area contributed by atoms with E-state index in [0.29, 0.717) is 17.9 Å². The fourth-order valence-electron chi connectivity index (χ4n) is 0.990. The largest absolute Gasteiger partial charge is 0.462 e. The quantitative estimate of drug-likeness (QED) is 0.604. The molecule has 0 heterocycles. The SMILES string of the molecule is CCOC(=O)c1ccc(NS(=O)O)cc1. The van der Waals surface area contributed by atoms with Gasteiger partial charge in [0.1, 0.15) is 0 Å². The molecule has 1 atom stereocenters. The van der Waals surface area contributed by atoms with Crippen LogP contribution < -0.4 is 4.72 Å². The Labute approximate surface area is 89.9 Å². The van der Waals surface area contributed by atoms with Gasteiger partial charge in [-0.25, -0.2) is 9.00 Å². The smallest absolute Gasteiger partial charge is 0.338 e. The molecule has 5 nitrogen and oxygen atoms in total. The van der Waals surface area contributed by atoms with E-state index in [1.807, 2.05) is 0 Å². The number of rotatable bonds is 4. The van der Waals surface area contributed by atoms with Crippen LogP contribution in [0.4, 0.5) is 5.69 Å². The molecular weight excluding hydrogens is 218 g/mol. The van der Waals surface area contributed by atoms with Crippen LogP contribution in [0.5, 0.6) is 0 Å². The Morgan fingerprint density at radius 1 is 1.47 bits per heavy atom. The van der Waals surface area contributed by atoms with Crippen molar-refractivity contribution in [3.8, 4) is 0 Å². The van der Waals surface area contributed by atoms with Crippen molar-refractivity contribution in [1.82, 2.24) is 0 Å². The average molecular weight is 229 g/mol. The summed E-state index contributed by atoms with van der Waals surface area (Å²) in [5.41, 5.74) is 0.870. The highest BCUT2D eigenvalue weighted by Crippen LogP contribution is 2.10. The summed E-state index contributed by atoms with van der Waals surface area (Å²) in [4.78, 5) is 11.2. The van der Waals surface area contributed by atoms with Gasteiger partial charge in [0.05, 0.1) is 12.2 Å². The molecule has 0 saturated heterocycles. The van der Waals surface area contributed by atoms with E-state index >= 15 is 0 Å². The van der Waals surface area contributed by atoms with Gasteiger partial charge in [-0.05, 0) is 31.2 Å². The molecule has 1 unspecified atom stereocenters. The average Bonchev–Trinajstić information content (AvgIpc) is 2.18. The van der Waals surface area contributed by atoms with Crippen molar-refractivity contribution in [2.45, 2.75) is 6.92 Å². The van der Waals surface area contributed by atoms with E-state index in [2.05, 4.69) is 4.72 Å². The van der Waals surface area contributed by atoms with Crippen molar-refractivity contribution in [2.24, 2.45) is 0 Å². The minimum Gasteiger partial charge on any atom is -0.462 e. The van der Waals surface area contributed by atoms with E-state index in [-0.39, 0.29) is 0 Å². The zero-order chi connectivity index (χ0) is 11.3. The monoisotopic (exact) mass is 229 g/mol. The number of carbonyl (C=O) groups is 1. The Hall–Kier alpha value is -1.40. The number of ether oxygens (including phenoxy) is 1. The second kappa shape index (κ2) is 5.47. The zero-order valence-electron chi connectivity index (χ0n) is 8.10. The predicted octanol–water partition coefficient (Wildman–Crippen LogP) is 1.41. The molecule has 15 heavy (non-hydrogen) atoms. The molecular formula is C9H11NO4S. The summed E-state index contributed by atoms with van der Waals surface area (Å²) in [5, 5.41) is 0. The van der Waals surface area contributed by atoms with E-state index in [0.717, 1.165) is 0 Å². The summed E-state index contributed by atoms with van der Waals surface area (Å²) >= 11 is -2.10. The molecule has 6 heteroatoms. The lowest BCUT2D eigenvalue weighted by Crippen LogP contribution is -2.05. The maximum atomic E-state index is 11.2. The van der Waals surface area contributed by atoms with Crippen LogP contribution in [0.15, 0.2) is 24.3 Å². The van der Waals surface area contributed by atoms with Gasteiger partial charge >= 0.3 is 5.97 Å².